The molecule has 5 heteroatoms. The first kappa shape index (κ1) is 27.2. The van der Waals surface area contributed by atoms with E-state index in [9.17, 15) is 9.59 Å². The summed E-state index contributed by atoms with van der Waals surface area (Å²) < 4.78 is 8.36. The van der Waals surface area contributed by atoms with Gasteiger partial charge in [0.1, 0.15) is 11.9 Å². The Labute approximate surface area is 225 Å². The van der Waals surface area contributed by atoms with Crippen molar-refractivity contribution in [3.05, 3.63) is 107 Å². The second-order valence-corrected chi connectivity index (χ2v) is 10.3. The number of aromatic nitrogens is 1. The maximum atomic E-state index is 13.5. The molecule has 0 aliphatic rings. The zero-order valence-corrected chi connectivity index (χ0v) is 22.5. The molecule has 1 N–H and O–H groups in total. The lowest BCUT2D eigenvalue weighted by molar-refractivity contribution is -0.137. The maximum absolute atomic E-state index is 13.5. The Morgan fingerprint density at radius 3 is 2.37 bits per heavy atom. The number of hydrogen-bond donors (Lipinski definition) is 1. The Hall–Kier alpha value is -3.86. The van der Waals surface area contributed by atoms with Gasteiger partial charge >= 0.3 is 5.97 Å². The van der Waals surface area contributed by atoms with Gasteiger partial charge in [-0.15, -0.1) is 0 Å². The van der Waals surface area contributed by atoms with Gasteiger partial charge < -0.3 is 14.2 Å². The molecule has 0 saturated carbocycles. The topological polar surface area (TPSA) is 68.0 Å². The van der Waals surface area contributed by atoms with Gasteiger partial charge in [0.25, 0.3) is 0 Å². The lowest BCUT2D eigenvalue weighted by Gasteiger charge is -2.20. The van der Waals surface area contributed by atoms with Crippen molar-refractivity contribution in [1.29, 1.82) is 0 Å². The third-order valence-electron chi connectivity index (χ3n) is 6.77. The molecular formula is C33H37NO4. The predicted octanol–water partition coefficient (Wildman–Crippen LogP) is 7.70. The van der Waals surface area contributed by atoms with Crippen molar-refractivity contribution in [3.8, 4) is 5.75 Å². The van der Waals surface area contributed by atoms with Crippen LogP contribution in [-0.2, 0) is 17.6 Å². The Balaban J connectivity index is 1.50. The Kier molecular flexibility index (Phi) is 9.01. The number of carbonyl (C=O) groups excluding carboxylic acids is 1. The lowest BCUT2D eigenvalue weighted by atomic mass is 9.99. The van der Waals surface area contributed by atoms with Crippen molar-refractivity contribution in [3.63, 3.8) is 0 Å². The van der Waals surface area contributed by atoms with E-state index >= 15 is 0 Å². The molecule has 2 aromatic carbocycles. The zero-order chi connectivity index (χ0) is 27.1. The second-order valence-electron chi connectivity index (χ2n) is 10.3. The number of fused-ring (bicyclic) bond motifs is 1. The molecule has 0 aliphatic heterocycles. The Morgan fingerprint density at radius 1 is 0.974 bits per heavy atom. The number of aliphatic carboxylic acids is 1. The SMILES string of the molecule is CCC[C@@H](Oc1ccc(C(=O)c2cc(CCCC(=O)O)n3ccccc23)cc1)c1ccc(CC(C)C)cc1. The number of aryl methyl sites for hydroxylation is 1. The molecular weight excluding hydrogens is 474 g/mol. The van der Waals surface area contributed by atoms with Crippen molar-refractivity contribution in [1.82, 2.24) is 4.40 Å². The Bertz CT molecular complexity index is 1370. The minimum Gasteiger partial charge on any atom is -0.486 e. The average molecular weight is 512 g/mol. The highest BCUT2D eigenvalue weighted by atomic mass is 16.5. The maximum Gasteiger partial charge on any atom is 0.303 e. The molecule has 2 heterocycles. The number of carboxylic acid groups (broad SMARTS) is 1. The van der Waals surface area contributed by atoms with E-state index in [-0.39, 0.29) is 18.3 Å². The number of pyridine rings is 1. The van der Waals surface area contributed by atoms with Gasteiger partial charge in [-0.2, -0.15) is 0 Å². The van der Waals surface area contributed by atoms with Crippen LogP contribution < -0.4 is 4.74 Å². The van der Waals surface area contributed by atoms with Crippen LogP contribution in [-0.4, -0.2) is 21.3 Å². The number of benzene rings is 2. The van der Waals surface area contributed by atoms with Crippen molar-refractivity contribution in [2.45, 2.75) is 65.4 Å². The molecule has 2 aromatic heterocycles. The quantitative estimate of drug-likeness (QED) is 0.187. The lowest BCUT2D eigenvalue weighted by Crippen LogP contribution is -2.08. The van der Waals surface area contributed by atoms with E-state index in [4.69, 9.17) is 9.84 Å². The van der Waals surface area contributed by atoms with Crippen LogP contribution in [0.1, 0.15) is 85.3 Å². The van der Waals surface area contributed by atoms with Crippen LogP contribution in [0.2, 0.25) is 0 Å². The summed E-state index contributed by atoms with van der Waals surface area (Å²) in [6.45, 7) is 6.61. The highest BCUT2D eigenvalue weighted by Gasteiger charge is 2.18. The normalized spacial score (nSPS) is 12.1. The van der Waals surface area contributed by atoms with E-state index in [0.717, 1.165) is 41.8 Å². The molecule has 0 radical (unpaired) electrons. The van der Waals surface area contributed by atoms with E-state index in [2.05, 4.69) is 45.0 Å². The van der Waals surface area contributed by atoms with Crippen molar-refractivity contribution < 1.29 is 19.4 Å². The predicted molar refractivity (Wildman–Crippen MR) is 151 cm³/mol. The molecule has 1 atom stereocenters. The van der Waals surface area contributed by atoms with Gasteiger partial charge in [-0.1, -0.05) is 57.5 Å². The van der Waals surface area contributed by atoms with Crippen molar-refractivity contribution in [2.24, 2.45) is 5.92 Å². The molecule has 0 spiro atoms. The molecule has 38 heavy (non-hydrogen) atoms. The zero-order valence-electron chi connectivity index (χ0n) is 22.5. The van der Waals surface area contributed by atoms with Gasteiger partial charge in [-0.05, 0) is 85.2 Å². The minimum absolute atomic E-state index is 0.0431. The van der Waals surface area contributed by atoms with Crippen molar-refractivity contribution >= 4 is 17.3 Å². The summed E-state index contributed by atoms with van der Waals surface area (Å²) in [5, 5.41) is 8.99. The fraction of sp³-hybridized carbons (Fsp3) is 0.333. The van der Waals surface area contributed by atoms with Crippen LogP contribution in [0, 0.1) is 5.92 Å². The summed E-state index contributed by atoms with van der Waals surface area (Å²) in [6.07, 6.45) is 6.07. The van der Waals surface area contributed by atoms with E-state index in [1.165, 1.54) is 5.56 Å². The first-order valence-corrected chi connectivity index (χ1v) is 13.6. The van der Waals surface area contributed by atoms with Crippen molar-refractivity contribution in [2.75, 3.05) is 0 Å². The summed E-state index contributed by atoms with van der Waals surface area (Å²) in [7, 11) is 0. The molecule has 0 bridgehead atoms. The number of carboxylic acids is 1. The van der Waals surface area contributed by atoms with Gasteiger partial charge in [0, 0.05) is 29.4 Å². The summed E-state index contributed by atoms with van der Waals surface area (Å²) in [6, 6.07) is 23.8. The van der Waals surface area contributed by atoms with Crippen LogP contribution >= 0.6 is 0 Å². The highest BCUT2D eigenvalue weighted by Crippen LogP contribution is 2.28. The summed E-state index contributed by atoms with van der Waals surface area (Å²) >= 11 is 0. The van der Waals surface area contributed by atoms with E-state index in [1.54, 1.807) is 0 Å². The molecule has 198 valence electrons. The number of ether oxygens (including phenoxy) is 1. The first-order chi connectivity index (χ1) is 18.4. The van der Waals surface area contributed by atoms with Crippen LogP contribution in [0.25, 0.3) is 5.52 Å². The van der Waals surface area contributed by atoms with Crippen LogP contribution in [0.15, 0.2) is 79.0 Å². The minimum atomic E-state index is -0.811. The Morgan fingerprint density at radius 2 is 1.71 bits per heavy atom. The first-order valence-electron chi connectivity index (χ1n) is 13.6. The number of rotatable bonds is 13. The largest absolute Gasteiger partial charge is 0.486 e. The molecule has 0 aliphatic carbocycles. The number of carbonyl (C=O) groups is 2. The van der Waals surface area contributed by atoms with E-state index in [0.29, 0.717) is 29.9 Å². The second kappa shape index (κ2) is 12.6. The van der Waals surface area contributed by atoms with E-state index in [1.807, 2.05) is 59.1 Å². The third kappa shape index (κ3) is 6.71. The van der Waals surface area contributed by atoms with Gasteiger partial charge in [0.05, 0.1) is 5.52 Å². The fourth-order valence-electron chi connectivity index (χ4n) is 4.92. The molecule has 5 nitrogen and oxygen atoms in total. The summed E-state index contributed by atoms with van der Waals surface area (Å²) in [5.74, 6) is 0.491. The standard InChI is InChI=1S/C33H37NO4/c1-4-8-31(25-14-12-24(13-15-25)21-23(2)3)38-28-18-16-26(17-19-28)33(37)29-22-27(9-7-11-32(35)36)34-20-6-5-10-30(29)34/h5-6,10,12-20,22-23,31H,4,7-9,11,21H2,1-3H3,(H,35,36)/t31-/m1/s1. The number of hydrogen-bond acceptors (Lipinski definition) is 3. The molecule has 4 aromatic rings. The van der Waals surface area contributed by atoms with E-state index < -0.39 is 5.97 Å². The molecule has 0 fully saturated rings. The molecule has 4 rings (SSSR count). The summed E-state index contributed by atoms with van der Waals surface area (Å²) in [5.41, 5.74) is 5.48. The van der Waals surface area contributed by atoms with Crippen LogP contribution in [0.3, 0.4) is 0 Å². The van der Waals surface area contributed by atoms with Gasteiger partial charge in [-0.25, -0.2) is 0 Å². The highest BCUT2D eigenvalue weighted by molar-refractivity contribution is 6.13. The number of nitrogens with zero attached hydrogens (tertiary/aromatic N) is 1. The monoisotopic (exact) mass is 511 g/mol. The van der Waals surface area contributed by atoms with Crippen LogP contribution in [0.4, 0.5) is 0 Å². The van der Waals surface area contributed by atoms with Gasteiger partial charge in [-0.3, -0.25) is 9.59 Å². The fourth-order valence-corrected chi connectivity index (χ4v) is 4.92. The molecule has 0 saturated heterocycles. The molecule has 0 amide bonds. The smallest absolute Gasteiger partial charge is 0.303 e. The summed E-state index contributed by atoms with van der Waals surface area (Å²) in [4.78, 5) is 24.4. The van der Waals surface area contributed by atoms with Gasteiger partial charge in [0.15, 0.2) is 5.78 Å². The number of ketones is 1. The van der Waals surface area contributed by atoms with Crippen LogP contribution in [0.5, 0.6) is 5.75 Å². The average Bonchev–Trinajstić information content (AvgIpc) is 3.27. The van der Waals surface area contributed by atoms with Gasteiger partial charge in [0.2, 0.25) is 0 Å². The molecule has 0 unspecified atom stereocenters. The third-order valence-corrected chi connectivity index (χ3v) is 6.77.